The summed E-state index contributed by atoms with van der Waals surface area (Å²) in [6.45, 7) is 0.160. The van der Waals surface area contributed by atoms with Crippen LogP contribution in [0.15, 0.2) is 70.3 Å². The fraction of sp³-hybridized carbons (Fsp3) is 0.250. The van der Waals surface area contributed by atoms with Gasteiger partial charge in [-0.3, -0.25) is 9.78 Å². The maximum absolute atomic E-state index is 13.2. The molecule has 4 aromatic rings. The largest absolute Gasteiger partial charge is 0.443 e. The SMILES string of the molecule is O=C(NCc1cc(-c2ccc(C(F)(F)F)nn2)ccn1)[C@@H]1CCCN1S(=O)(=O)c1cc2ccccc2o1. The summed E-state index contributed by atoms with van der Waals surface area (Å²) in [5.41, 5.74) is 0.427. The van der Waals surface area contributed by atoms with Crippen molar-refractivity contribution in [3.05, 3.63) is 72.2 Å². The Morgan fingerprint density at radius 1 is 1.11 bits per heavy atom. The van der Waals surface area contributed by atoms with Gasteiger partial charge in [-0.1, -0.05) is 18.2 Å². The molecule has 1 aliphatic heterocycles. The first kappa shape index (κ1) is 24.8. The number of amides is 1. The molecule has 3 aromatic heterocycles. The number of carbonyl (C=O) groups is 1. The molecule has 13 heteroatoms. The summed E-state index contributed by atoms with van der Waals surface area (Å²) in [6, 6.07) is 12.6. The predicted molar refractivity (Wildman–Crippen MR) is 125 cm³/mol. The average molecular weight is 532 g/mol. The van der Waals surface area contributed by atoms with Crippen LogP contribution in [0.3, 0.4) is 0 Å². The van der Waals surface area contributed by atoms with Crippen LogP contribution in [-0.2, 0) is 27.5 Å². The molecule has 0 bridgehead atoms. The van der Waals surface area contributed by atoms with Crippen molar-refractivity contribution in [3.8, 4) is 11.3 Å². The number of alkyl halides is 3. The van der Waals surface area contributed by atoms with Crippen molar-refractivity contribution in [1.82, 2.24) is 24.8 Å². The van der Waals surface area contributed by atoms with Gasteiger partial charge in [0.1, 0.15) is 11.6 Å². The van der Waals surface area contributed by atoms with Gasteiger partial charge in [-0.15, -0.1) is 10.2 Å². The van der Waals surface area contributed by atoms with Gasteiger partial charge in [0.2, 0.25) is 11.0 Å². The van der Waals surface area contributed by atoms with Crippen LogP contribution < -0.4 is 5.32 Å². The van der Waals surface area contributed by atoms with Gasteiger partial charge in [0.25, 0.3) is 10.0 Å². The lowest BCUT2D eigenvalue weighted by Gasteiger charge is -2.22. The number of hydrogen-bond donors (Lipinski definition) is 1. The van der Waals surface area contributed by atoms with E-state index in [9.17, 15) is 26.4 Å². The lowest BCUT2D eigenvalue weighted by molar-refractivity contribution is -0.141. The Hall–Kier alpha value is -3.84. The Balaban J connectivity index is 1.28. The molecule has 0 unspecified atom stereocenters. The smallest absolute Gasteiger partial charge is 0.435 e. The van der Waals surface area contributed by atoms with E-state index in [2.05, 4.69) is 20.5 Å². The van der Waals surface area contributed by atoms with E-state index in [1.54, 1.807) is 36.4 Å². The second-order valence-corrected chi connectivity index (χ2v) is 10.3. The number of pyridine rings is 1. The lowest BCUT2D eigenvalue weighted by Crippen LogP contribution is -2.45. The molecule has 1 N–H and O–H groups in total. The fourth-order valence-electron chi connectivity index (χ4n) is 4.16. The van der Waals surface area contributed by atoms with E-state index in [0.29, 0.717) is 35.1 Å². The van der Waals surface area contributed by atoms with E-state index >= 15 is 0 Å². The number of fused-ring (bicyclic) bond motifs is 1. The van der Waals surface area contributed by atoms with E-state index in [1.165, 1.54) is 18.3 Å². The fourth-order valence-corrected chi connectivity index (χ4v) is 5.76. The second kappa shape index (κ2) is 9.56. The van der Waals surface area contributed by atoms with E-state index < -0.39 is 33.8 Å². The molecule has 5 rings (SSSR count). The first-order valence-corrected chi connectivity index (χ1v) is 12.7. The van der Waals surface area contributed by atoms with Crippen molar-refractivity contribution in [2.45, 2.75) is 36.7 Å². The zero-order valence-electron chi connectivity index (χ0n) is 19.1. The Bertz CT molecular complexity index is 1520. The van der Waals surface area contributed by atoms with Crippen molar-refractivity contribution in [3.63, 3.8) is 0 Å². The van der Waals surface area contributed by atoms with Crippen LogP contribution in [-0.4, -0.2) is 46.4 Å². The molecule has 0 aliphatic carbocycles. The van der Waals surface area contributed by atoms with Crippen LogP contribution in [0.25, 0.3) is 22.2 Å². The molecule has 1 aromatic carbocycles. The highest BCUT2D eigenvalue weighted by Gasteiger charge is 2.41. The summed E-state index contributed by atoms with van der Waals surface area (Å²) in [7, 11) is -4.04. The van der Waals surface area contributed by atoms with Gasteiger partial charge in [0.05, 0.1) is 17.9 Å². The highest BCUT2D eigenvalue weighted by Crippen LogP contribution is 2.30. The number of halogens is 3. The van der Waals surface area contributed by atoms with Crippen molar-refractivity contribution < 1.29 is 30.8 Å². The zero-order chi connectivity index (χ0) is 26.2. The number of rotatable bonds is 6. The summed E-state index contributed by atoms with van der Waals surface area (Å²) < 4.78 is 71.4. The van der Waals surface area contributed by atoms with Gasteiger partial charge in [-0.05, 0) is 43.2 Å². The molecule has 4 heterocycles. The summed E-state index contributed by atoms with van der Waals surface area (Å²) in [4.78, 5) is 17.1. The maximum atomic E-state index is 13.2. The number of sulfonamides is 1. The van der Waals surface area contributed by atoms with Crippen LogP contribution in [0.5, 0.6) is 0 Å². The van der Waals surface area contributed by atoms with Crippen LogP contribution in [0.1, 0.15) is 24.2 Å². The zero-order valence-corrected chi connectivity index (χ0v) is 20.0. The summed E-state index contributed by atoms with van der Waals surface area (Å²) in [5.74, 6) is -0.487. The third-order valence-corrected chi connectivity index (χ3v) is 7.75. The monoisotopic (exact) mass is 531 g/mol. The van der Waals surface area contributed by atoms with Gasteiger partial charge in [-0.2, -0.15) is 17.5 Å². The molecule has 1 fully saturated rings. The van der Waals surface area contributed by atoms with Gasteiger partial charge >= 0.3 is 6.18 Å². The van der Waals surface area contributed by atoms with Crippen molar-refractivity contribution in [1.29, 1.82) is 0 Å². The number of benzene rings is 1. The van der Waals surface area contributed by atoms with Crippen LogP contribution in [0.2, 0.25) is 0 Å². The normalized spacial score (nSPS) is 16.8. The molecule has 192 valence electrons. The van der Waals surface area contributed by atoms with Crippen molar-refractivity contribution in [2.24, 2.45) is 0 Å². The second-order valence-electron chi connectivity index (χ2n) is 8.43. The molecule has 1 aliphatic rings. The molecule has 37 heavy (non-hydrogen) atoms. The highest BCUT2D eigenvalue weighted by atomic mass is 32.2. The van der Waals surface area contributed by atoms with Crippen molar-refractivity contribution in [2.75, 3.05) is 6.54 Å². The number of aromatic nitrogens is 3. The van der Waals surface area contributed by atoms with Crippen LogP contribution in [0.4, 0.5) is 13.2 Å². The van der Waals surface area contributed by atoms with Crippen molar-refractivity contribution >= 4 is 26.9 Å². The molecular weight excluding hydrogens is 511 g/mol. The first-order valence-electron chi connectivity index (χ1n) is 11.3. The third kappa shape index (κ3) is 5.04. The van der Waals surface area contributed by atoms with Gasteiger partial charge in [-0.25, -0.2) is 8.42 Å². The third-order valence-electron chi connectivity index (χ3n) is 5.98. The number of carbonyl (C=O) groups excluding carboxylic acids is 1. The molecule has 9 nitrogen and oxygen atoms in total. The Morgan fingerprint density at radius 3 is 2.65 bits per heavy atom. The Kier molecular flexibility index (Phi) is 6.42. The lowest BCUT2D eigenvalue weighted by atomic mass is 10.1. The predicted octanol–water partition coefficient (Wildman–Crippen LogP) is 3.77. The van der Waals surface area contributed by atoms with Gasteiger partial charge in [0, 0.05) is 29.8 Å². The number of hydrogen-bond acceptors (Lipinski definition) is 7. The Labute approximate surface area is 209 Å². The summed E-state index contributed by atoms with van der Waals surface area (Å²) >= 11 is 0. The highest BCUT2D eigenvalue weighted by molar-refractivity contribution is 7.89. The molecular formula is C24H20F3N5O4S. The molecule has 1 saturated heterocycles. The van der Waals surface area contributed by atoms with E-state index in [0.717, 1.165) is 10.4 Å². The van der Waals surface area contributed by atoms with Gasteiger partial charge in [0.15, 0.2) is 5.69 Å². The number of nitrogens with zero attached hydrogens (tertiary/aromatic N) is 4. The minimum atomic E-state index is -4.59. The van der Waals surface area contributed by atoms with Gasteiger partial charge < -0.3 is 9.73 Å². The minimum absolute atomic E-state index is 0.0181. The van der Waals surface area contributed by atoms with E-state index in [1.807, 2.05) is 0 Å². The molecule has 0 spiro atoms. The van der Waals surface area contributed by atoms with Crippen LogP contribution >= 0.6 is 0 Å². The topological polar surface area (TPSA) is 118 Å². The van der Waals surface area contributed by atoms with E-state index in [4.69, 9.17) is 4.42 Å². The minimum Gasteiger partial charge on any atom is -0.443 e. The molecule has 0 radical (unpaired) electrons. The summed E-state index contributed by atoms with van der Waals surface area (Å²) in [5, 5.41) is 9.97. The Morgan fingerprint density at radius 2 is 1.92 bits per heavy atom. The average Bonchev–Trinajstić information content (AvgIpc) is 3.55. The van der Waals surface area contributed by atoms with Crippen LogP contribution in [0, 0.1) is 0 Å². The molecule has 1 atom stereocenters. The number of furan rings is 1. The number of para-hydroxylation sites is 1. The standard InChI is InChI=1S/C24H20F3N5O4S/c25-24(26,27)21-8-7-18(30-31-21)15-9-10-28-17(12-15)14-29-23(33)19-5-3-11-32(19)37(34,35)22-13-16-4-1-2-6-20(16)36-22/h1-2,4,6-10,12-13,19H,3,5,11,14H2,(H,29,33)/t19-/m0/s1. The maximum Gasteiger partial charge on any atom is 0.435 e. The molecule has 1 amide bonds. The molecule has 0 saturated carbocycles. The van der Waals surface area contributed by atoms with E-state index in [-0.39, 0.29) is 23.9 Å². The number of nitrogens with one attached hydrogen (secondary N) is 1. The first-order chi connectivity index (χ1) is 17.6. The summed E-state index contributed by atoms with van der Waals surface area (Å²) in [6.07, 6.45) is -2.30. The quantitative estimate of drug-likeness (QED) is 0.402.